The van der Waals surface area contributed by atoms with Crippen molar-refractivity contribution in [1.29, 1.82) is 0 Å². The minimum absolute atomic E-state index is 0.243. The van der Waals surface area contributed by atoms with Crippen LogP contribution in [-0.4, -0.2) is 14.2 Å². The second-order valence-corrected chi connectivity index (χ2v) is 5.72. The molecule has 2 aromatic rings. The Bertz CT molecular complexity index is 539. The van der Waals surface area contributed by atoms with Gasteiger partial charge in [0, 0.05) is 17.0 Å². The van der Waals surface area contributed by atoms with Gasteiger partial charge >= 0.3 is 0 Å². The van der Waals surface area contributed by atoms with E-state index < -0.39 is 0 Å². The third kappa shape index (κ3) is 3.32. The summed E-state index contributed by atoms with van der Waals surface area (Å²) in [5.74, 6) is 1.53. The standard InChI is InChI=1S/C16H21NO2S/c1-11(17-12(2)16-6-5-9-20-16)13-7-8-14(18-3)15(10-13)19-4/h5-12,17H,1-4H3. The van der Waals surface area contributed by atoms with Gasteiger partial charge in [0.15, 0.2) is 11.5 Å². The summed E-state index contributed by atoms with van der Waals surface area (Å²) in [6.45, 7) is 4.34. The molecule has 0 fully saturated rings. The second-order valence-electron chi connectivity index (χ2n) is 4.74. The molecule has 0 radical (unpaired) electrons. The number of hydrogen-bond acceptors (Lipinski definition) is 4. The SMILES string of the molecule is COc1ccc(C(C)NC(C)c2cccs2)cc1OC. The molecule has 0 spiro atoms. The molecular formula is C16H21NO2S. The van der Waals surface area contributed by atoms with E-state index in [2.05, 4.69) is 42.7 Å². The molecule has 2 atom stereocenters. The molecule has 1 N–H and O–H groups in total. The zero-order valence-corrected chi connectivity index (χ0v) is 13.2. The molecule has 0 saturated carbocycles. The predicted molar refractivity (Wildman–Crippen MR) is 83.8 cm³/mol. The van der Waals surface area contributed by atoms with Gasteiger partial charge in [0.1, 0.15) is 0 Å². The highest BCUT2D eigenvalue weighted by Crippen LogP contribution is 2.31. The van der Waals surface area contributed by atoms with Crippen molar-refractivity contribution in [1.82, 2.24) is 5.32 Å². The summed E-state index contributed by atoms with van der Waals surface area (Å²) in [4.78, 5) is 1.34. The van der Waals surface area contributed by atoms with Gasteiger partial charge in [-0.05, 0) is 43.0 Å². The van der Waals surface area contributed by atoms with E-state index in [0.29, 0.717) is 6.04 Å². The minimum atomic E-state index is 0.243. The van der Waals surface area contributed by atoms with Gasteiger partial charge in [-0.3, -0.25) is 0 Å². The van der Waals surface area contributed by atoms with E-state index >= 15 is 0 Å². The molecular weight excluding hydrogens is 270 g/mol. The Morgan fingerprint density at radius 3 is 2.35 bits per heavy atom. The van der Waals surface area contributed by atoms with Crippen LogP contribution in [0.3, 0.4) is 0 Å². The average molecular weight is 291 g/mol. The first kappa shape index (κ1) is 14.9. The van der Waals surface area contributed by atoms with E-state index in [-0.39, 0.29) is 6.04 Å². The summed E-state index contributed by atoms with van der Waals surface area (Å²) in [7, 11) is 3.31. The topological polar surface area (TPSA) is 30.5 Å². The Morgan fingerprint density at radius 1 is 1.00 bits per heavy atom. The average Bonchev–Trinajstić information content (AvgIpc) is 3.00. The van der Waals surface area contributed by atoms with Crippen LogP contribution in [0.25, 0.3) is 0 Å². The summed E-state index contributed by atoms with van der Waals surface area (Å²) >= 11 is 1.77. The monoisotopic (exact) mass is 291 g/mol. The van der Waals surface area contributed by atoms with E-state index in [0.717, 1.165) is 11.5 Å². The van der Waals surface area contributed by atoms with Crippen molar-refractivity contribution in [3.05, 3.63) is 46.2 Å². The lowest BCUT2D eigenvalue weighted by Gasteiger charge is -2.20. The molecule has 0 aliphatic heterocycles. The van der Waals surface area contributed by atoms with Gasteiger partial charge < -0.3 is 14.8 Å². The third-order valence-corrected chi connectivity index (χ3v) is 4.43. The molecule has 2 rings (SSSR count). The maximum atomic E-state index is 5.35. The molecule has 1 aromatic heterocycles. The first-order valence-electron chi connectivity index (χ1n) is 6.67. The molecule has 1 heterocycles. The lowest BCUT2D eigenvalue weighted by atomic mass is 10.1. The molecule has 4 heteroatoms. The number of nitrogens with one attached hydrogen (secondary N) is 1. The summed E-state index contributed by atoms with van der Waals surface area (Å²) in [5, 5.41) is 5.71. The van der Waals surface area contributed by atoms with Crippen molar-refractivity contribution in [3.8, 4) is 11.5 Å². The molecule has 0 saturated heterocycles. The van der Waals surface area contributed by atoms with Gasteiger partial charge in [-0.25, -0.2) is 0 Å². The van der Waals surface area contributed by atoms with Crippen LogP contribution in [0.4, 0.5) is 0 Å². The molecule has 0 aliphatic carbocycles. The Labute approximate surface area is 124 Å². The maximum Gasteiger partial charge on any atom is 0.161 e. The highest BCUT2D eigenvalue weighted by Gasteiger charge is 2.14. The third-order valence-electron chi connectivity index (χ3n) is 3.38. The number of thiophene rings is 1. The van der Waals surface area contributed by atoms with E-state index in [9.17, 15) is 0 Å². The minimum Gasteiger partial charge on any atom is -0.493 e. The van der Waals surface area contributed by atoms with Crippen LogP contribution >= 0.6 is 11.3 Å². The van der Waals surface area contributed by atoms with E-state index in [1.807, 2.05) is 12.1 Å². The fraction of sp³-hybridized carbons (Fsp3) is 0.375. The maximum absolute atomic E-state index is 5.35. The van der Waals surface area contributed by atoms with Crippen LogP contribution in [0.15, 0.2) is 35.7 Å². The van der Waals surface area contributed by atoms with Gasteiger partial charge in [-0.2, -0.15) is 0 Å². The number of methoxy groups -OCH3 is 2. The summed E-state index contributed by atoms with van der Waals surface area (Å²) in [6.07, 6.45) is 0. The number of ether oxygens (including phenoxy) is 2. The predicted octanol–water partition coefficient (Wildman–Crippen LogP) is 4.18. The van der Waals surface area contributed by atoms with Crippen LogP contribution in [0.5, 0.6) is 11.5 Å². The van der Waals surface area contributed by atoms with Crippen molar-refractivity contribution in [2.75, 3.05) is 14.2 Å². The molecule has 108 valence electrons. The van der Waals surface area contributed by atoms with E-state index in [1.54, 1.807) is 25.6 Å². The highest BCUT2D eigenvalue weighted by atomic mass is 32.1. The molecule has 0 aliphatic rings. The zero-order valence-electron chi connectivity index (χ0n) is 12.3. The molecule has 20 heavy (non-hydrogen) atoms. The van der Waals surface area contributed by atoms with Crippen LogP contribution in [0.2, 0.25) is 0 Å². The first-order chi connectivity index (χ1) is 9.65. The van der Waals surface area contributed by atoms with Crippen LogP contribution in [-0.2, 0) is 0 Å². The first-order valence-corrected chi connectivity index (χ1v) is 7.55. The Morgan fingerprint density at radius 2 is 1.75 bits per heavy atom. The number of hydrogen-bond donors (Lipinski definition) is 1. The van der Waals surface area contributed by atoms with Gasteiger partial charge in [0.05, 0.1) is 14.2 Å². The Hall–Kier alpha value is -1.52. The molecule has 2 unspecified atom stereocenters. The van der Waals surface area contributed by atoms with Crippen LogP contribution in [0.1, 0.15) is 36.4 Å². The van der Waals surface area contributed by atoms with Crippen LogP contribution in [0, 0.1) is 0 Å². The fourth-order valence-electron chi connectivity index (χ4n) is 2.21. The summed E-state index contributed by atoms with van der Waals surface area (Å²) < 4.78 is 10.6. The van der Waals surface area contributed by atoms with Gasteiger partial charge in [-0.1, -0.05) is 12.1 Å². The van der Waals surface area contributed by atoms with Gasteiger partial charge in [0.25, 0.3) is 0 Å². The lowest BCUT2D eigenvalue weighted by molar-refractivity contribution is 0.353. The van der Waals surface area contributed by atoms with E-state index in [1.165, 1.54) is 10.4 Å². The summed E-state index contributed by atoms with van der Waals surface area (Å²) in [5.41, 5.74) is 1.19. The van der Waals surface area contributed by atoms with Gasteiger partial charge in [0.2, 0.25) is 0 Å². The smallest absolute Gasteiger partial charge is 0.161 e. The number of benzene rings is 1. The highest BCUT2D eigenvalue weighted by molar-refractivity contribution is 7.10. The molecule has 3 nitrogen and oxygen atoms in total. The lowest BCUT2D eigenvalue weighted by Crippen LogP contribution is -2.21. The normalized spacial score (nSPS) is 13.8. The Kier molecular flexibility index (Phi) is 5.04. The van der Waals surface area contributed by atoms with Crippen molar-refractivity contribution in [2.24, 2.45) is 0 Å². The van der Waals surface area contributed by atoms with Gasteiger partial charge in [-0.15, -0.1) is 11.3 Å². The molecule has 0 bridgehead atoms. The van der Waals surface area contributed by atoms with Crippen LogP contribution < -0.4 is 14.8 Å². The second kappa shape index (κ2) is 6.77. The number of rotatable bonds is 6. The van der Waals surface area contributed by atoms with Crippen molar-refractivity contribution in [2.45, 2.75) is 25.9 Å². The van der Waals surface area contributed by atoms with Crippen molar-refractivity contribution < 1.29 is 9.47 Å². The van der Waals surface area contributed by atoms with E-state index in [4.69, 9.17) is 9.47 Å². The largest absolute Gasteiger partial charge is 0.493 e. The van der Waals surface area contributed by atoms with Crippen molar-refractivity contribution in [3.63, 3.8) is 0 Å². The molecule has 1 aromatic carbocycles. The molecule has 0 amide bonds. The summed E-state index contributed by atoms with van der Waals surface area (Å²) in [6, 6.07) is 10.9. The fourth-order valence-corrected chi connectivity index (χ4v) is 2.96. The van der Waals surface area contributed by atoms with Crippen molar-refractivity contribution >= 4 is 11.3 Å². The quantitative estimate of drug-likeness (QED) is 0.866. The zero-order chi connectivity index (χ0) is 14.5. The Balaban J connectivity index is 2.11.